The van der Waals surface area contributed by atoms with Crippen molar-refractivity contribution in [1.29, 1.82) is 5.41 Å². The van der Waals surface area contributed by atoms with E-state index in [0.29, 0.717) is 10.1 Å². The van der Waals surface area contributed by atoms with Crippen LogP contribution >= 0.6 is 22.9 Å². The Balaban J connectivity index is 1.62. The largest absolute Gasteiger partial charge is 0.755 e. The van der Waals surface area contributed by atoms with Gasteiger partial charge in [0.25, 0.3) is 0 Å². The summed E-state index contributed by atoms with van der Waals surface area (Å²) in [5.74, 6) is -3.95. The predicted molar refractivity (Wildman–Crippen MR) is 129 cm³/mol. The van der Waals surface area contributed by atoms with Gasteiger partial charge in [0, 0.05) is 41.7 Å². The first-order valence-electron chi connectivity index (χ1n) is 10.3. The van der Waals surface area contributed by atoms with Gasteiger partial charge < -0.3 is 19.9 Å². The number of aromatic nitrogens is 1. The number of anilines is 1. The van der Waals surface area contributed by atoms with E-state index >= 15 is 0 Å². The lowest BCUT2D eigenvalue weighted by Gasteiger charge is -2.29. The molecule has 16 heteroatoms. The second-order valence-electron chi connectivity index (χ2n) is 7.84. The lowest BCUT2D eigenvalue weighted by molar-refractivity contribution is -0.189. The van der Waals surface area contributed by atoms with Gasteiger partial charge >= 0.3 is 12.1 Å². The van der Waals surface area contributed by atoms with Crippen molar-refractivity contribution in [3.8, 4) is 5.75 Å². The second-order valence-corrected chi connectivity index (χ2v) is 10.1. The number of esters is 1. The van der Waals surface area contributed by atoms with E-state index in [1.807, 2.05) is 0 Å². The van der Waals surface area contributed by atoms with Crippen LogP contribution in [0.25, 0.3) is 10.1 Å². The number of fused-ring (bicyclic) bond motifs is 1. The Kier molecular flexibility index (Phi) is 7.41. The topological polar surface area (TPSA) is 153 Å². The molecule has 0 saturated carbocycles. The van der Waals surface area contributed by atoms with E-state index in [2.05, 4.69) is 9.72 Å². The molecule has 1 aliphatic heterocycles. The summed E-state index contributed by atoms with van der Waals surface area (Å²) >= 11 is 4.28. The Hall–Kier alpha value is -3.27. The predicted octanol–water partition coefficient (Wildman–Crippen LogP) is 3.10. The van der Waals surface area contributed by atoms with E-state index in [4.69, 9.17) is 22.7 Å². The van der Waals surface area contributed by atoms with Crippen molar-refractivity contribution in [3.63, 3.8) is 0 Å². The normalized spacial score (nSPS) is 16.7. The Labute approximate surface area is 218 Å². The number of pyridine rings is 1. The molecule has 3 heterocycles. The van der Waals surface area contributed by atoms with Crippen molar-refractivity contribution in [2.24, 2.45) is 5.73 Å². The number of hydrogen-bond donors (Lipinski definition) is 2. The first kappa shape index (κ1) is 26.8. The summed E-state index contributed by atoms with van der Waals surface area (Å²) in [5, 5.41) is 8.63. The molecule has 1 aliphatic rings. The number of alkyl halides is 3. The van der Waals surface area contributed by atoms with Gasteiger partial charge in [-0.1, -0.05) is 11.6 Å². The Morgan fingerprint density at radius 2 is 2.11 bits per heavy atom. The lowest BCUT2D eigenvalue weighted by Crippen LogP contribution is -2.42. The first-order valence-corrected chi connectivity index (χ1v) is 12.6. The Morgan fingerprint density at radius 3 is 2.73 bits per heavy atom. The van der Waals surface area contributed by atoms with Crippen LogP contribution in [0.1, 0.15) is 17.5 Å². The van der Waals surface area contributed by atoms with Crippen LogP contribution in [-0.2, 0) is 27.4 Å². The van der Waals surface area contributed by atoms with Gasteiger partial charge in [-0.25, -0.2) is 9.78 Å². The highest BCUT2D eigenvalue weighted by molar-refractivity contribution is 7.81. The second kappa shape index (κ2) is 10.2. The summed E-state index contributed by atoms with van der Waals surface area (Å²) in [4.78, 5) is 29.8. The van der Waals surface area contributed by atoms with Crippen LogP contribution in [0, 0.1) is 5.41 Å². The van der Waals surface area contributed by atoms with Gasteiger partial charge in [0.2, 0.25) is 5.91 Å². The average Bonchev–Trinajstić information content (AvgIpc) is 3.39. The standard InChI is InChI=1S/C21H17ClF3N5O5S2/c22-17-16-10(3-5-28-17)8-15(36-16)30(37(33)34)13-4-6-29(19(13)31)9-12-7-11(18(26)27)1-2-14(12)35-20(32)21(23,24)25/h1-3,5,7-8,13H,4,6,9H2,(H3,26,27)(H,33,34)/p-1. The van der Waals surface area contributed by atoms with Crippen LogP contribution < -0.4 is 14.8 Å². The lowest BCUT2D eigenvalue weighted by atomic mass is 10.1. The molecule has 2 unspecified atom stereocenters. The Morgan fingerprint density at radius 1 is 1.38 bits per heavy atom. The molecule has 1 saturated heterocycles. The number of nitrogens with zero attached hydrogens (tertiary/aromatic N) is 3. The number of nitrogen functional groups attached to an aromatic ring is 1. The van der Waals surface area contributed by atoms with E-state index in [1.54, 1.807) is 12.1 Å². The minimum absolute atomic E-state index is 0.0196. The maximum Gasteiger partial charge on any atom is 0.491 e. The van der Waals surface area contributed by atoms with Gasteiger partial charge in [0.05, 0.1) is 4.70 Å². The number of benzene rings is 1. The number of nitrogens with two attached hydrogens (primary N) is 1. The van der Waals surface area contributed by atoms with E-state index in [-0.39, 0.29) is 40.8 Å². The van der Waals surface area contributed by atoms with Crippen molar-refractivity contribution < 1.29 is 36.3 Å². The molecule has 1 amide bonds. The molecule has 4 rings (SSSR count). The number of ether oxygens (including phenoxy) is 1. The average molecular weight is 575 g/mol. The number of likely N-dealkylation sites (tertiary alicyclic amines) is 1. The molecule has 2 atom stereocenters. The maximum atomic E-state index is 13.2. The van der Waals surface area contributed by atoms with Gasteiger partial charge in [-0.05, 0) is 42.1 Å². The van der Waals surface area contributed by atoms with Crippen LogP contribution in [0.4, 0.5) is 18.2 Å². The fraction of sp³-hybridized carbons (Fsp3) is 0.238. The number of carbonyl (C=O) groups excluding carboxylic acids is 2. The highest BCUT2D eigenvalue weighted by Crippen LogP contribution is 2.39. The minimum atomic E-state index is -5.26. The van der Waals surface area contributed by atoms with Crippen molar-refractivity contribution >= 4 is 67.0 Å². The van der Waals surface area contributed by atoms with Crippen molar-refractivity contribution in [2.45, 2.75) is 25.2 Å². The van der Waals surface area contributed by atoms with Gasteiger partial charge in [0.15, 0.2) is 0 Å². The number of amidine groups is 1. The molecule has 0 radical (unpaired) electrons. The number of rotatable bonds is 7. The molecule has 1 aromatic carbocycles. The minimum Gasteiger partial charge on any atom is -0.755 e. The maximum absolute atomic E-state index is 13.2. The number of carbonyl (C=O) groups is 2. The molecule has 3 N–H and O–H groups in total. The summed E-state index contributed by atoms with van der Waals surface area (Å²) in [7, 11) is 0. The highest BCUT2D eigenvalue weighted by Gasteiger charge is 2.42. The number of amides is 1. The highest BCUT2D eigenvalue weighted by atomic mass is 35.5. The summed E-state index contributed by atoms with van der Waals surface area (Å²) in [6.07, 6.45) is -3.72. The zero-order valence-corrected chi connectivity index (χ0v) is 20.8. The van der Waals surface area contributed by atoms with Crippen LogP contribution in [0.15, 0.2) is 36.5 Å². The van der Waals surface area contributed by atoms with Gasteiger partial charge in [-0.15, -0.1) is 11.3 Å². The number of hydrogen-bond acceptors (Lipinski definition) is 8. The van der Waals surface area contributed by atoms with Crippen LogP contribution in [0.3, 0.4) is 0 Å². The molecule has 3 aromatic rings. The molecule has 0 spiro atoms. The zero-order valence-electron chi connectivity index (χ0n) is 18.5. The van der Waals surface area contributed by atoms with Gasteiger partial charge in [-0.3, -0.25) is 18.7 Å². The SMILES string of the molecule is N=C(N)c1ccc(OC(=O)C(F)(F)F)c(CN2CCC(N(c3cc4ccnc(Cl)c4s3)S(=O)[O-])C2=O)c1. The smallest absolute Gasteiger partial charge is 0.491 e. The van der Waals surface area contributed by atoms with Gasteiger partial charge in [0.1, 0.15) is 27.8 Å². The molecular weight excluding hydrogens is 559 g/mol. The quantitative estimate of drug-likeness (QED) is 0.110. The first-order chi connectivity index (χ1) is 17.4. The molecule has 0 bridgehead atoms. The number of thiophene rings is 1. The molecular formula is C21H16ClF3N5O5S2-. The summed E-state index contributed by atoms with van der Waals surface area (Å²) < 4.78 is 68.5. The van der Waals surface area contributed by atoms with Crippen LogP contribution in [0.5, 0.6) is 5.75 Å². The fourth-order valence-corrected chi connectivity index (χ4v) is 5.96. The molecule has 1 fully saturated rings. The third-order valence-electron chi connectivity index (χ3n) is 5.47. The number of halogens is 4. The van der Waals surface area contributed by atoms with Crippen molar-refractivity contribution in [3.05, 3.63) is 52.8 Å². The summed E-state index contributed by atoms with van der Waals surface area (Å²) in [6.45, 7) is -0.264. The molecule has 2 aromatic heterocycles. The third kappa shape index (κ3) is 5.53. The number of nitrogens with one attached hydrogen (secondary N) is 1. The van der Waals surface area contributed by atoms with Crippen molar-refractivity contribution in [1.82, 2.24) is 9.88 Å². The molecule has 0 aliphatic carbocycles. The molecule has 10 nitrogen and oxygen atoms in total. The zero-order chi connectivity index (χ0) is 27.1. The molecule has 196 valence electrons. The van der Waals surface area contributed by atoms with Gasteiger partial charge in [-0.2, -0.15) is 13.2 Å². The summed E-state index contributed by atoms with van der Waals surface area (Å²) in [5.41, 5.74) is 5.58. The van der Waals surface area contributed by atoms with E-state index in [9.17, 15) is 31.5 Å². The van der Waals surface area contributed by atoms with Crippen LogP contribution in [-0.4, -0.2) is 55.1 Å². The fourth-order valence-electron chi connectivity index (χ4n) is 3.79. The monoisotopic (exact) mass is 574 g/mol. The van der Waals surface area contributed by atoms with E-state index in [0.717, 1.165) is 21.7 Å². The third-order valence-corrected chi connectivity index (χ3v) is 7.92. The van der Waals surface area contributed by atoms with E-state index < -0.39 is 46.9 Å². The summed E-state index contributed by atoms with van der Waals surface area (Å²) in [6, 6.07) is 5.54. The Bertz CT molecular complexity index is 1430. The van der Waals surface area contributed by atoms with Crippen molar-refractivity contribution in [2.75, 3.05) is 10.8 Å². The van der Waals surface area contributed by atoms with E-state index in [1.165, 1.54) is 23.2 Å². The molecule has 37 heavy (non-hydrogen) atoms. The van der Waals surface area contributed by atoms with Crippen LogP contribution in [0.2, 0.25) is 5.15 Å².